The summed E-state index contributed by atoms with van der Waals surface area (Å²) in [7, 11) is 0. The summed E-state index contributed by atoms with van der Waals surface area (Å²) < 4.78 is 1.84. The van der Waals surface area contributed by atoms with Crippen LogP contribution in [0.25, 0.3) is 0 Å². The third kappa shape index (κ3) is 3.74. The molecule has 2 heterocycles. The van der Waals surface area contributed by atoms with E-state index in [2.05, 4.69) is 10.4 Å². The van der Waals surface area contributed by atoms with E-state index in [1.54, 1.807) is 6.20 Å². The van der Waals surface area contributed by atoms with E-state index in [0.29, 0.717) is 25.9 Å². The van der Waals surface area contributed by atoms with Crippen LogP contribution in [0.2, 0.25) is 0 Å². The summed E-state index contributed by atoms with van der Waals surface area (Å²) in [6, 6.07) is 9.77. The number of amides is 3. The van der Waals surface area contributed by atoms with Crippen LogP contribution in [0, 0.1) is 11.8 Å². The lowest BCUT2D eigenvalue weighted by molar-refractivity contribution is -0.143. The number of nitrogens with one attached hydrogen (secondary N) is 1. The normalized spacial score (nSPS) is 21.1. The number of benzene rings is 1. The first-order valence-corrected chi connectivity index (χ1v) is 9.44. The summed E-state index contributed by atoms with van der Waals surface area (Å²) in [5.74, 6) is -1.37. The molecule has 2 aromatic rings. The number of rotatable bonds is 6. The minimum atomic E-state index is -0.325. The summed E-state index contributed by atoms with van der Waals surface area (Å²) in [6.07, 6.45) is 8.68. The van der Waals surface area contributed by atoms with Crippen LogP contribution in [0.4, 0.5) is 0 Å². The van der Waals surface area contributed by atoms with E-state index in [0.717, 1.165) is 16.0 Å². The topological polar surface area (TPSA) is 84.3 Å². The fourth-order valence-electron chi connectivity index (χ4n) is 3.77. The first-order chi connectivity index (χ1) is 13.6. The van der Waals surface area contributed by atoms with E-state index in [9.17, 15) is 14.4 Å². The molecular weight excluding hydrogens is 356 g/mol. The highest BCUT2D eigenvalue weighted by atomic mass is 16.2. The second-order valence-electron chi connectivity index (χ2n) is 7.22. The summed E-state index contributed by atoms with van der Waals surface area (Å²) in [4.78, 5) is 38.2. The van der Waals surface area contributed by atoms with E-state index in [4.69, 9.17) is 0 Å². The highest BCUT2D eigenvalue weighted by Crippen LogP contribution is 2.34. The number of carbonyl (C=O) groups is 3. The molecule has 4 rings (SSSR count). The van der Waals surface area contributed by atoms with Crippen LogP contribution in [0.15, 0.2) is 54.9 Å². The van der Waals surface area contributed by atoms with Gasteiger partial charge in [-0.2, -0.15) is 5.10 Å². The van der Waals surface area contributed by atoms with E-state index < -0.39 is 0 Å². The zero-order chi connectivity index (χ0) is 19.5. The Morgan fingerprint density at radius 1 is 1.04 bits per heavy atom. The van der Waals surface area contributed by atoms with Crippen molar-refractivity contribution in [1.82, 2.24) is 20.0 Å². The Kier molecular flexibility index (Phi) is 5.06. The van der Waals surface area contributed by atoms with Crippen molar-refractivity contribution in [3.8, 4) is 0 Å². The van der Waals surface area contributed by atoms with Crippen LogP contribution in [0.3, 0.4) is 0 Å². The predicted octanol–water partition coefficient (Wildman–Crippen LogP) is 1.50. The Hall–Kier alpha value is -3.22. The molecule has 28 heavy (non-hydrogen) atoms. The summed E-state index contributed by atoms with van der Waals surface area (Å²) in [6.45, 7) is 0.837. The van der Waals surface area contributed by atoms with Crippen molar-refractivity contribution in [3.63, 3.8) is 0 Å². The molecule has 1 fully saturated rings. The molecule has 2 aliphatic rings. The van der Waals surface area contributed by atoms with Gasteiger partial charge in [0, 0.05) is 18.9 Å². The average molecular weight is 378 g/mol. The second kappa shape index (κ2) is 7.80. The SMILES string of the molecule is O=C(CN1C(=O)[C@H]2CC=CC[C@H]2C1=O)NCc1ccc(Cn2cccn2)cc1. The number of allylic oxidation sites excluding steroid dienone is 2. The van der Waals surface area contributed by atoms with Gasteiger partial charge in [-0.1, -0.05) is 36.4 Å². The molecule has 1 aromatic carbocycles. The van der Waals surface area contributed by atoms with Gasteiger partial charge in [-0.3, -0.25) is 24.0 Å². The summed E-state index contributed by atoms with van der Waals surface area (Å²) >= 11 is 0. The van der Waals surface area contributed by atoms with E-state index in [1.165, 1.54) is 0 Å². The molecule has 0 radical (unpaired) electrons. The van der Waals surface area contributed by atoms with Gasteiger partial charge < -0.3 is 5.32 Å². The third-order valence-corrected chi connectivity index (χ3v) is 5.32. The maximum atomic E-state index is 12.4. The molecule has 144 valence electrons. The average Bonchev–Trinajstić information content (AvgIpc) is 3.31. The maximum Gasteiger partial charge on any atom is 0.240 e. The number of fused-ring (bicyclic) bond motifs is 1. The first kappa shape index (κ1) is 18.2. The maximum absolute atomic E-state index is 12.4. The molecule has 7 heteroatoms. The monoisotopic (exact) mass is 378 g/mol. The highest BCUT2D eigenvalue weighted by Gasteiger charge is 2.47. The molecule has 1 aromatic heterocycles. The Morgan fingerprint density at radius 3 is 2.29 bits per heavy atom. The molecule has 1 aliphatic carbocycles. The van der Waals surface area contributed by atoms with Gasteiger partial charge in [0.25, 0.3) is 0 Å². The molecule has 7 nitrogen and oxygen atoms in total. The van der Waals surface area contributed by atoms with Crippen LogP contribution >= 0.6 is 0 Å². The predicted molar refractivity (Wildman–Crippen MR) is 102 cm³/mol. The van der Waals surface area contributed by atoms with Crippen molar-refractivity contribution in [1.29, 1.82) is 0 Å². The molecule has 0 spiro atoms. The fourth-order valence-corrected chi connectivity index (χ4v) is 3.77. The lowest BCUT2D eigenvalue weighted by Crippen LogP contribution is -2.40. The Bertz CT molecular complexity index is 876. The number of aromatic nitrogens is 2. The molecule has 1 N–H and O–H groups in total. The molecule has 3 amide bonds. The number of nitrogens with zero attached hydrogens (tertiary/aromatic N) is 3. The second-order valence-corrected chi connectivity index (χ2v) is 7.22. The number of imide groups is 1. The molecule has 1 aliphatic heterocycles. The standard InChI is InChI=1S/C21H22N4O3/c26-19(14-25-20(27)17-4-1-2-5-18(17)21(25)28)22-12-15-6-8-16(9-7-15)13-24-11-3-10-23-24/h1-3,6-11,17-18H,4-5,12-14H2,(H,22,26)/t17-,18+. The van der Waals surface area contributed by atoms with Crippen molar-refractivity contribution >= 4 is 17.7 Å². The summed E-state index contributed by atoms with van der Waals surface area (Å²) in [5, 5.41) is 6.97. The van der Waals surface area contributed by atoms with Gasteiger partial charge in [-0.15, -0.1) is 0 Å². The van der Waals surface area contributed by atoms with Gasteiger partial charge >= 0.3 is 0 Å². The molecule has 1 saturated heterocycles. The molecular formula is C21H22N4O3. The van der Waals surface area contributed by atoms with Gasteiger partial charge in [-0.25, -0.2) is 0 Å². The lowest BCUT2D eigenvalue weighted by atomic mass is 9.85. The van der Waals surface area contributed by atoms with Gasteiger partial charge in [-0.05, 0) is 30.0 Å². The van der Waals surface area contributed by atoms with Crippen molar-refractivity contribution in [2.45, 2.75) is 25.9 Å². The van der Waals surface area contributed by atoms with Crippen LogP contribution in [0.5, 0.6) is 0 Å². The summed E-state index contributed by atoms with van der Waals surface area (Å²) in [5.41, 5.74) is 2.07. The van der Waals surface area contributed by atoms with Gasteiger partial charge in [0.1, 0.15) is 6.54 Å². The molecule has 2 atom stereocenters. The fraction of sp³-hybridized carbons (Fsp3) is 0.333. The highest BCUT2D eigenvalue weighted by molar-refractivity contribution is 6.07. The third-order valence-electron chi connectivity index (χ3n) is 5.32. The van der Waals surface area contributed by atoms with E-state index >= 15 is 0 Å². The van der Waals surface area contributed by atoms with Crippen molar-refractivity contribution in [2.24, 2.45) is 11.8 Å². The van der Waals surface area contributed by atoms with Crippen molar-refractivity contribution in [2.75, 3.05) is 6.54 Å². The quantitative estimate of drug-likeness (QED) is 0.610. The van der Waals surface area contributed by atoms with E-state index in [-0.39, 0.29) is 36.1 Å². The van der Waals surface area contributed by atoms with Crippen molar-refractivity contribution in [3.05, 3.63) is 66.0 Å². The Labute approximate surface area is 163 Å². The zero-order valence-electron chi connectivity index (χ0n) is 15.5. The minimum Gasteiger partial charge on any atom is -0.350 e. The smallest absolute Gasteiger partial charge is 0.240 e. The number of hydrogen-bond acceptors (Lipinski definition) is 4. The minimum absolute atomic E-state index is 0.206. The molecule has 0 saturated carbocycles. The van der Waals surface area contributed by atoms with Gasteiger partial charge in [0.05, 0.1) is 18.4 Å². The zero-order valence-corrected chi connectivity index (χ0v) is 15.5. The molecule has 0 bridgehead atoms. The number of likely N-dealkylation sites (tertiary alicyclic amines) is 1. The number of hydrogen-bond donors (Lipinski definition) is 1. The molecule has 0 unspecified atom stereocenters. The van der Waals surface area contributed by atoms with Crippen LogP contribution < -0.4 is 5.32 Å². The first-order valence-electron chi connectivity index (χ1n) is 9.44. The van der Waals surface area contributed by atoms with Crippen LogP contribution in [0.1, 0.15) is 24.0 Å². The Morgan fingerprint density at radius 2 is 1.68 bits per heavy atom. The van der Waals surface area contributed by atoms with Crippen LogP contribution in [-0.2, 0) is 27.5 Å². The largest absolute Gasteiger partial charge is 0.350 e. The van der Waals surface area contributed by atoms with Crippen LogP contribution in [-0.4, -0.2) is 38.9 Å². The van der Waals surface area contributed by atoms with Gasteiger partial charge in [0.15, 0.2) is 0 Å². The Balaban J connectivity index is 1.29. The van der Waals surface area contributed by atoms with Crippen molar-refractivity contribution < 1.29 is 14.4 Å². The van der Waals surface area contributed by atoms with E-state index in [1.807, 2.05) is 53.4 Å². The lowest BCUT2D eigenvalue weighted by Gasteiger charge is -2.14. The number of carbonyl (C=O) groups excluding carboxylic acids is 3. The van der Waals surface area contributed by atoms with Gasteiger partial charge in [0.2, 0.25) is 17.7 Å².